The second-order valence-corrected chi connectivity index (χ2v) is 3.55. The number of aromatic nitrogens is 2. The van der Waals surface area contributed by atoms with Crippen LogP contribution in [0.25, 0.3) is 0 Å². The Hall–Kier alpha value is -1.14. The Kier molecular flexibility index (Phi) is 4.51. The lowest BCUT2D eigenvalue weighted by Gasteiger charge is -2.23. The first kappa shape index (κ1) is 11.9. The molecular formula is C9H18N4O2. The van der Waals surface area contributed by atoms with Gasteiger partial charge in [-0.3, -0.25) is 0 Å². The summed E-state index contributed by atoms with van der Waals surface area (Å²) in [7, 11) is 0. The molecule has 6 nitrogen and oxygen atoms in total. The van der Waals surface area contributed by atoms with E-state index in [1.165, 1.54) is 0 Å². The van der Waals surface area contributed by atoms with Crippen LogP contribution in [0.3, 0.4) is 0 Å². The van der Waals surface area contributed by atoms with E-state index < -0.39 is 0 Å². The molecule has 0 amide bonds. The highest BCUT2D eigenvalue weighted by molar-refractivity contribution is 5.25. The summed E-state index contributed by atoms with van der Waals surface area (Å²) in [6.07, 6.45) is 0.679. The predicted molar refractivity (Wildman–Crippen MR) is 56.4 cm³/mol. The van der Waals surface area contributed by atoms with Gasteiger partial charge in [0.25, 0.3) is 0 Å². The van der Waals surface area contributed by atoms with Gasteiger partial charge >= 0.3 is 6.01 Å². The molecular weight excluding hydrogens is 196 g/mol. The van der Waals surface area contributed by atoms with Crippen molar-refractivity contribution in [1.29, 1.82) is 0 Å². The first-order valence-corrected chi connectivity index (χ1v) is 5.09. The molecule has 0 bridgehead atoms. The molecule has 0 saturated carbocycles. The molecule has 0 aliphatic heterocycles. The molecule has 86 valence electrons. The Morgan fingerprint density at radius 2 is 2.20 bits per heavy atom. The number of nitrogens with two attached hydrogens (primary N) is 1. The summed E-state index contributed by atoms with van der Waals surface area (Å²) in [6, 6.07) is 0.724. The Morgan fingerprint density at radius 1 is 1.47 bits per heavy atom. The molecule has 0 fully saturated rings. The highest BCUT2D eigenvalue weighted by Gasteiger charge is 2.16. The SMILES string of the molecule is CC(C)N(CCCO)c1nnc(CN)o1. The first-order chi connectivity index (χ1) is 7.19. The third kappa shape index (κ3) is 3.17. The highest BCUT2D eigenvalue weighted by Crippen LogP contribution is 2.15. The minimum atomic E-state index is 0.154. The van der Waals surface area contributed by atoms with Gasteiger partial charge in [0.15, 0.2) is 0 Å². The molecule has 0 atom stereocenters. The topological polar surface area (TPSA) is 88.4 Å². The number of anilines is 1. The van der Waals surface area contributed by atoms with Gasteiger partial charge in [-0.2, -0.15) is 0 Å². The normalized spacial score (nSPS) is 11.0. The van der Waals surface area contributed by atoms with Crippen molar-refractivity contribution >= 4 is 6.01 Å². The molecule has 0 saturated heterocycles. The van der Waals surface area contributed by atoms with E-state index in [0.717, 1.165) is 0 Å². The summed E-state index contributed by atoms with van der Waals surface area (Å²) in [5.41, 5.74) is 5.38. The van der Waals surface area contributed by atoms with Gasteiger partial charge in [-0.1, -0.05) is 5.10 Å². The van der Waals surface area contributed by atoms with Crippen molar-refractivity contribution in [2.75, 3.05) is 18.1 Å². The van der Waals surface area contributed by atoms with E-state index in [2.05, 4.69) is 10.2 Å². The third-order valence-electron chi connectivity index (χ3n) is 2.06. The molecule has 15 heavy (non-hydrogen) atoms. The minimum absolute atomic E-state index is 0.154. The Morgan fingerprint density at radius 3 is 2.67 bits per heavy atom. The maximum absolute atomic E-state index is 8.78. The van der Waals surface area contributed by atoms with Crippen LogP contribution in [0.15, 0.2) is 4.42 Å². The van der Waals surface area contributed by atoms with Crippen molar-refractivity contribution in [3.8, 4) is 0 Å². The lowest BCUT2D eigenvalue weighted by molar-refractivity contribution is 0.287. The number of aliphatic hydroxyl groups excluding tert-OH is 1. The van der Waals surface area contributed by atoms with Crippen LogP contribution in [-0.4, -0.2) is 34.5 Å². The molecule has 0 spiro atoms. The van der Waals surface area contributed by atoms with Gasteiger partial charge in [-0.25, -0.2) is 0 Å². The highest BCUT2D eigenvalue weighted by atomic mass is 16.4. The number of aliphatic hydroxyl groups is 1. The number of hydrogen-bond donors (Lipinski definition) is 2. The number of nitrogens with zero attached hydrogens (tertiary/aromatic N) is 3. The lowest BCUT2D eigenvalue weighted by atomic mass is 10.3. The average molecular weight is 214 g/mol. The molecule has 0 aliphatic carbocycles. The molecule has 0 radical (unpaired) electrons. The second kappa shape index (κ2) is 5.67. The first-order valence-electron chi connectivity index (χ1n) is 5.09. The molecule has 0 unspecified atom stereocenters. The fraction of sp³-hybridized carbons (Fsp3) is 0.778. The van der Waals surface area contributed by atoms with Crippen LogP contribution in [0, 0.1) is 0 Å². The molecule has 0 aliphatic rings. The average Bonchev–Trinajstić information content (AvgIpc) is 2.66. The van der Waals surface area contributed by atoms with Crippen molar-refractivity contribution in [3.63, 3.8) is 0 Å². The number of hydrogen-bond acceptors (Lipinski definition) is 6. The van der Waals surface area contributed by atoms with Gasteiger partial charge in [0.2, 0.25) is 5.89 Å². The minimum Gasteiger partial charge on any atom is -0.407 e. The van der Waals surface area contributed by atoms with Gasteiger partial charge in [0.1, 0.15) is 0 Å². The van der Waals surface area contributed by atoms with E-state index in [0.29, 0.717) is 24.9 Å². The molecule has 1 rings (SSSR count). The molecule has 1 aromatic rings. The van der Waals surface area contributed by atoms with Crippen LogP contribution in [0.1, 0.15) is 26.2 Å². The van der Waals surface area contributed by atoms with E-state index in [9.17, 15) is 0 Å². The van der Waals surface area contributed by atoms with E-state index >= 15 is 0 Å². The smallest absolute Gasteiger partial charge is 0.318 e. The summed E-state index contributed by atoms with van der Waals surface area (Å²) in [5, 5.41) is 16.5. The maximum atomic E-state index is 8.78. The van der Waals surface area contributed by atoms with Gasteiger partial charge in [-0.05, 0) is 20.3 Å². The summed E-state index contributed by atoms with van der Waals surface area (Å²) in [5.74, 6) is 0.430. The number of rotatable bonds is 6. The third-order valence-corrected chi connectivity index (χ3v) is 2.06. The molecule has 1 aromatic heterocycles. The maximum Gasteiger partial charge on any atom is 0.318 e. The van der Waals surface area contributed by atoms with Crippen LogP contribution >= 0.6 is 0 Å². The van der Waals surface area contributed by atoms with Gasteiger partial charge in [-0.15, -0.1) is 5.10 Å². The zero-order chi connectivity index (χ0) is 11.3. The Labute approximate surface area is 89.1 Å². The van der Waals surface area contributed by atoms with Crippen LogP contribution in [0.5, 0.6) is 0 Å². The van der Waals surface area contributed by atoms with E-state index in [-0.39, 0.29) is 19.2 Å². The van der Waals surface area contributed by atoms with Crippen LogP contribution < -0.4 is 10.6 Å². The standard InChI is InChI=1S/C9H18N4O2/c1-7(2)13(4-3-5-14)9-12-11-8(6-10)15-9/h7,14H,3-6,10H2,1-2H3. The quantitative estimate of drug-likeness (QED) is 0.699. The summed E-state index contributed by atoms with van der Waals surface area (Å²) in [6.45, 7) is 5.16. The van der Waals surface area contributed by atoms with Gasteiger partial charge in [0.05, 0.1) is 6.54 Å². The van der Waals surface area contributed by atoms with Crippen molar-refractivity contribution < 1.29 is 9.52 Å². The van der Waals surface area contributed by atoms with Crippen molar-refractivity contribution in [2.24, 2.45) is 5.73 Å². The van der Waals surface area contributed by atoms with Gasteiger partial charge in [0, 0.05) is 19.2 Å². The lowest BCUT2D eigenvalue weighted by Crippen LogP contribution is -2.32. The monoisotopic (exact) mass is 214 g/mol. The summed E-state index contributed by atoms with van der Waals surface area (Å²) < 4.78 is 5.35. The fourth-order valence-electron chi connectivity index (χ4n) is 1.26. The molecule has 0 aromatic carbocycles. The summed E-state index contributed by atoms with van der Waals surface area (Å²) in [4.78, 5) is 1.95. The van der Waals surface area contributed by atoms with E-state index in [1.807, 2.05) is 18.7 Å². The van der Waals surface area contributed by atoms with E-state index in [4.69, 9.17) is 15.3 Å². The second-order valence-electron chi connectivity index (χ2n) is 3.55. The zero-order valence-electron chi connectivity index (χ0n) is 9.18. The van der Waals surface area contributed by atoms with Crippen molar-refractivity contribution in [3.05, 3.63) is 5.89 Å². The van der Waals surface area contributed by atoms with Crippen molar-refractivity contribution in [1.82, 2.24) is 10.2 Å². The molecule has 1 heterocycles. The van der Waals surface area contributed by atoms with Gasteiger partial charge < -0.3 is 20.2 Å². The zero-order valence-corrected chi connectivity index (χ0v) is 9.18. The van der Waals surface area contributed by atoms with E-state index in [1.54, 1.807) is 0 Å². The van der Waals surface area contributed by atoms with Crippen LogP contribution in [-0.2, 0) is 6.54 Å². The largest absolute Gasteiger partial charge is 0.407 e. The fourth-order valence-corrected chi connectivity index (χ4v) is 1.26. The Bertz CT molecular complexity index is 287. The molecule has 6 heteroatoms. The van der Waals surface area contributed by atoms with Crippen LogP contribution in [0.2, 0.25) is 0 Å². The Balaban J connectivity index is 2.70. The van der Waals surface area contributed by atoms with Crippen molar-refractivity contribution in [2.45, 2.75) is 32.9 Å². The van der Waals surface area contributed by atoms with Crippen LogP contribution in [0.4, 0.5) is 6.01 Å². The predicted octanol–water partition coefficient (Wildman–Crippen LogP) is 0.125. The molecule has 3 N–H and O–H groups in total. The summed E-state index contributed by atoms with van der Waals surface area (Å²) >= 11 is 0.